The highest BCUT2D eigenvalue weighted by Crippen LogP contribution is 2.37. The molecule has 0 saturated carbocycles. The van der Waals surface area contributed by atoms with Crippen LogP contribution in [-0.4, -0.2) is 47.7 Å². The lowest BCUT2D eigenvalue weighted by Crippen LogP contribution is -2.50. The number of carbonyl (C=O) groups excluding carboxylic acids is 2. The Balaban J connectivity index is 4.23. The molecule has 3 N–H and O–H groups in total. The number of hydrogen-bond acceptors (Lipinski definition) is 7. The molecule has 0 radical (unpaired) electrons. The van der Waals surface area contributed by atoms with Crippen molar-refractivity contribution in [2.24, 2.45) is 0 Å². The Labute approximate surface area is 307 Å². The smallest absolute Gasteiger partial charge is 0.348 e. The van der Waals surface area contributed by atoms with E-state index >= 15 is 0 Å². The van der Waals surface area contributed by atoms with Crippen LogP contribution in [0, 0.1) is 0 Å². The largest absolute Gasteiger partial charge is 0.480 e. The zero-order valence-corrected chi connectivity index (χ0v) is 32.6. The third-order valence-electron chi connectivity index (χ3n) is 8.69. The third-order valence-corrected chi connectivity index (χ3v) is 11.2. The van der Waals surface area contributed by atoms with Gasteiger partial charge in [0.2, 0.25) is 4.93 Å². The molecule has 9 heteroatoms. The van der Waals surface area contributed by atoms with Crippen LogP contribution in [0.5, 0.6) is 0 Å². The summed E-state index contributed by atoms with van der Waals surface area (Å²) in [6, 6.07) is 0. The second-order valence-electron chi connectivity index (χ2n) is 13.4. The topological polar surface area (TPSA) is 129 Å². The normalized spacial score (nSPS) is 13.6. The molecule has 0 heterocycles. The molecule has 0 spiro atoms. The zero-order valence-electron chi connectivity index (χ0n) is 31.0. The van der Waals surface area contributed by atoms with E-state index in [2.05, 4.69) is 38.2 Å². The van der Waals surface area contributed by atoms with Crippen molar-refractivity contribution >= 4 is 45.7 Å². The van der Waals surface area contributed by atoms with E-state index < -0.39 is 32.4 Å². The number of carboxylic acid groups (broad SMARTS) is 2. The molecule has 0 saturated heterocycles. The number of aliphatic carboxylic acids is 2. The molecule has 0 aliphatic carbocycles. The summed E-state index contributed by atoms with van der Waals surface area (Å²) in [4.78, 5) is 46.2. The number of aliphatic hydroxyl groups is 1. The molecular weight excluding hydrogens is 657 g/mol. The second kappa shape index (κ2) is 33.6. The molecular formula is C40H70O7S2. The second-order valence-corrected chi connectivity index (χ2v) is 15.8. The molecule has 0 fully saturated rings. The number of thioether (sulfide) groups is 2. The van der Waals surface area contributed by atoms with E-state index in [-0.39, 0.29) is 24.6 Å². The first-order valence-electron chi connectivity index (χ1n) is 19.6. The molecule has 2 atom stereocenters. The lowest BCUT2D eigenvalue weighted by molar-refractivity contribution is -0.155. The first-order chi connectivity index (χ1) is 23.7. The maximum absolute atomic E-state index is 12.6. The molecule has 2 unspecified atom stereocenters. The average molecular weight is 727 g/mol. The van der Waals surface area contributed by atoms with Gasteiger partial charge in [-0.05, 0) is 76.0 Å². The van der Waals surface area contributed by atoms with E-state index in [1.54, 1.807) is 0 Å². The quantitative estimate of drug-likeness (QED) is 0.0332. The fourth-order valence-electron chi connectivity index (χ4n) is 5.60. The van der Waals surface area contributed by atoms with Crippen LogP contribution in [0.2, 0.25) is 0 Å². The van der Waals surface area contributed by atoms with Gasteiger partial charge in [-0.25, -0.2) is 4.79 Å². The molecule has 49 heavy (non-hydrogen) atoms. The molecule has 7 nitrogen and oxygen atoms in total. The van der Waals surface area contributed by atoms with Gasteiger partial charge >= 0.3 is 11.9 Å². The highest BCUT2D eigenvalue weighted by Gasteiger charge is 2.52. The van der Waals surface area contributed by atoms with E-state index in [1.807, 2.05) is 0 Å². The summed E-state index contributed by atoms with van der Waals surface area (Å²) < 4.78 is 0. The van der Waals surface area contributed by atoms with Crippen LogP contribution in [0.25, 0.3) is 0 Å². The number of allylic oxidation sites excluding steroid dienone is 4. The van der Waals surface area contributed by atoms with Crippen molar-refractivity contribution in [3.8, 4) is 0 Å². The number of rotatable bonds is 35. The molecule has 0 aliphatic heterocycles. The van der Waals surface area contributed by atoms with Crippen molar-refractivity contribution in [3.63, 3.8) is 0 Å². The van der Waals surface area contributed by atoms with Gasteiger partial charge in [-0.15, -0.1) is 0 Å². The Morgan fingerprint density at radius 1 is 0.510 bits per heavy atom. The van der Waals surface area contributed by atoms with Crippen LogP contribution in [0.1, 0.15) is 194 Å². The lowest BCUT2D eigenvalue weighted by atomic mass is 10.1. The molecule has 0 amide bonds. The predicted octanol–water partition coefficient (Wildman–Crippen LogP) is 11.8. The Morgan fingerprint density at radius 2 is 0.837 bits per heavy atom. The van der Waals surface area contributed by atoms with E-state index in [9.17, 15) is 34.5 Å². The van der Waals surface area contributed by atoms with Gasteiger partial charge < -0.3 is 15.3 Å². The van der Waals surface area contributed by atoms with Crippen LogP contribution in [-0.2, 0) is 19.2 Å². The van der Waals surface area contributed by atoms with Gasteiger partial charge in [-0.2, -0.15) is 0 Å². The van der Waals surface area contributed by atoms with Gasteiger partial charge in [0.15, 0.2) is 15.5 Å². The Hall–Kier alpha value is -1.58. The van der Waals surface area contributed by atoms with Crippen molar-refractivity contribution in [3.05, 3.63) is 24.3 Å². The summed E-state index contributed by atoms with van der Waals surface area (Å²) in [6.45, 7) is 4.46. The minimum absolute atomic E-state index is 0.0400. The number of hydrogen-bond donors (Lipinski definition) is 3. The van der Waals surface area contributed by atoms with Gasteiger partial charge in [-0.1, -0.05) is 153 Å². The number of carbonyl (C=O) groups is 4. The van der Waals surface area contributed by atoms with Crippen molar-refractivity contribution < 1.29 is 34.5 Å². The van der Waals surface area contributed by atoms with E-state index in [0.29, 0.717) is 24.6 Å². The zero-order chi connectivity index (χ0) is 36.4. The number of carboxylic acids is 2. The third kappa shape index (κ3) is 27.8. The molecule has 0 aromatic heterocycles. The SMILES string of the molecule is CCCCCCCCC=CCCCCCCCC(=O)SC(C(=O)O)C(O)(SC(=O)CCCCCCCC=CCCCCCCCC)C(=O)O. The Kier molecular flexibility index (Phi) is 32.5. The Bertz CT molecular complexity index is 920. The van der Waals surface area contributed by atoms with E-state index in [4.69, 9.17) is 0 Å². The summed E-state index contributed by atoms with van der Waals surface area (Å²) >= 11 is 0.427. The standard InChI is InChI=1S/C40H70O7S2/c1-3-5-7-9-11-13-15-17-19-21-23-25-27-29-31-33-35(41)48-37(38(43)44)40(47,39(45)46)49-36(42)34-32-30-28-26-24-22-20-18-16-14-12-10-8-6-4-2/h17-20,37,47H,3-16,21-34H2,1-2H3,(H,43,44)(H,45,46). The van der Waals surface area contributed by atoms with Crippen molar-refractivity contribution in [2.45, 2.75) is 204 Å². The van der Waals surface area contributed by atoms with Crippen LogP contribution in [0.15, 0.2) is 24.3 Å². The van der Waals surface area contributed by atoms with Crippen LogP contribution >= 0.6 is 23.5 Å². The highest BCUT2D eigenvalue weighted by molar-refractivity contribution is 8.18. The molecule has 0 rings (SSSR count). The lowest BCUT2D eigenvalue weighted by Gasteiger charge is -2.27. The van der Waals surface area contributed by atoms with Gasteiger partial charge in [-0.3, -0.25) is 14.4 Å². The fraction of sp³-hybridized carbons (Fsp3) is 0.800. The van der Waals surface area contributed by atoms with Crippen LogP contribution in [0.3, 0.4) is 0 Å². The van der Waals surface area contributed by atoms with Crippen molar-refractivity contribution in [1.82, 2.24) is 0 Å². The maximum Gasteiger partial charge on any atom is 0.348 e. The molecule has 0 aliphatic rings. The first kappa shape index (κ1) is 47.4. The van der Waals surface area contributed by atoms with E-state index in [1.165, 1.54) is 77.0 Å². The van der Waals surface area contributed by atoms with Crippen LogP contribution < -0.4 is 0 Å². The predicted molar refractivity (Wildman–Crippen MR) is 208 cm³/mol. The molecule has 0 aromatic carbocycles. The van der Waals surface area contributed by atoms with Crippen molar-refractivity contribution in [1.29, 1.82) is 0 Å². The summed E-state index contributed by atoms with van der Waals surface area (Å²) in [6.07, 6.45) is 38.1. The summed E-state index contributed by atoms with van der Waals surface area (Å²) in [5.74, 6) is -3.46. The fourth-order valence-corrected chi connectivity index (χ4v) is 7.67. The summed E-state index contributed by atoms with van der Waals surface area (Å²) in [5.41, 5.74) is 0. The molecule has 0 bridgehead atoms. The molecule has 0 aromatic rings. The summed E-state index contributed by atoms with van der Waals surface area (Å²) in [5, 5.41) is 27.2. The van der Waals surface area contributed by atoms with Gasteiger partial charge in [0.05, 0.1) is 0 Å². The van der Waals surface area contributed by atoms with Gasteiger partial charge in [0, 0.05) is 12.8 Å². The number of unbranched alkanes of at least 4 members (excludes halogenated alkanes) is 22. The minimum atomic E-state index is -2.92. The minimum Gasteiger partial charge on any atom is -0.480 e. The van der Waals surface area contributed by atoms with Crippen molar-refractivity contribution in [2.75, 3.05) is 0 Å². The maximum atomic E-state index is 12.6. The monoisotopic (exact) mass is 726 g/mol. The van der Waals surface area contributed by atoms with E-state index in [0.717, 1.165) is 77.0 Å². The average Bonchev–Trinajstić information content (AvgIpc) is 3.06. The molecule has 284 valence electrons. The van der Waals surface area contributed by atoms with Gasteiger partial charge in [0.25, 0.3) is 0 Å². The Morgan fingerprint density at radius 3 is 1.18 bits per heavy atom. The van der Waals surface area contributed by atoms with Crippen LogP contribution in [0.4, 0.5) is 0 Å². The van der Waals surface area contributed by atoms with Gasteiger partial charge in [0.1, 0.15) is 0 Å². The summed E-state index contributed by atoms with van der Waals surface area (Å²) in [7, 11) is 0. The highest BCUT2D eigenvalue weighted by atomic mass is 32.2. The first-order valence-corrected chi connectivity index (χ1v) is 21.3.